The first kappa shape index (κ1) is 22.9. The van der Waals surface area contributed by atoms with Crippen LogP contribution in [0.4, 0.5) is 0 Å². The van der Waals surface area contributed by atoms with E-state index in [2.05, 4.69) is 6.92 Å². The Morgan fingerprint density at radius 3 is 1.54 bits per heavy atom. The Kier molecular flexibility index (Phi) is 17.5. The van der Waals surface area contributed by atoms with Crippen LogP contribution in [0.2, 0.25) is 0 Å². The number of esters is 2. The first-order valence-electron chi connectivity index (χ1n) is 10.0. The van der Waals surface area contributed by atoms with Gasteiger partial charge in [-0.2, -0.15) is 0 Å². The molecule has 0 radical (unpaired) electrons. The lowest BCUT2D eigenvalue weighted by atomic mass is 10.1. The summed E-state index contributed by atoms with van der Waals surface area (Å²) in [6.45, 7) is 5.08. The van der Waals surface area contributed by atoms with E-state index in [1.165, 1.54) is 38.5 Å². The minimum atomic E-state index is -0.0743. The van der Waals surface area contributed by atoms with Gasteiger partial charge in [0.25, 0.3) is 0 Å². The number of unbranched alkanes of at least 4 members (excludes halogenated alkanes) is 10. The van der Waals surface area contributed by atoms with Gasteiger partial charge in [-0.25, -0.2) is 0 Å². The third-order valence-electron chi connectivity index (χ3n) is 4.08. The lowest BCUT2D eigenvalue weighted by Crippen LogP contribution is -2.05. The lowest BCUT2D eigenvalue weighted by Gasteiger charge is -2.05. The van der Waals surface area contributed by atoms with Crippen molar-refractivity contribution in [2.75, 3.05) is 13.2 Å². The van der Waals surface area contributed by atoms with Gasteiger partial charge in [0.15, 0.2) is 0 Å². The summed E-state index contributed by atoms with van der Waals surface area (Å²) < 4.78 is 10.1. The van der Waals surface area contributed by atoms with E-state index in [0.29, 0.717) is 26.1 Å². The second-order valence-electron chi connectivity index (χ2n) is 6.41. The van der Waals surface area contributed by atoms with Crippen LogP contribution in [0, 0.1) is 0 Å². The molecule has 142 valence electrons. The average molecular weight is 343 g/mol. The van der Waals surface area contributed by atoms with Crippen molar-refractivity contribution < 1.29 is 19.1 Å². The van der Waals surface area contributed by atoms with Crippen LogP contribution in [0.1, 0.15) is 104 Å². The Bertz CT molecular complexity index is 302. The summed E-state index contributed by atoms with van der Waals surface area (Å²) in [6, 6.07) is 0. The maximum atomic E-state index is 11.5. The Labute approximate surface area is 148 Å². The normalized spacial score (nSPS) is 10.6. The molecule has 0 bridgehead atoms. The highest BCUT2D eigenvalue weighted by atomic mass is 16.5. The topological polar surface area (TPSA) is 52.6 Å². The summed E-state index contributed by atoms with van der Waals surface area (Å²) >= 11 is 0. The molecule has 0 aromatic heterocycles. The first-order chi connectivity index (χ1) is 11.7. The zero-order chi connectivity index (χ0) is 17.9. The van der Waals surface area contributed by atoms with Crippen LogP contribution in [0.15, 0.2) is 0 Å². The van der Waals surface area contributed by atoms with Crippen molar-refractivity contribution in [3.63, 3.8) is 0 Å². The second kappa shape index (κ2) is 18.3. The molecule has 0 aliphatic carbocycles. The van der Waals surface area contributed by atoms with Crippen LogP contribution in [0.3, 0.4) is 0 Å². The van der Waals surface area contributed by atoms with E-state index in [4.69, 9.17) is 9.47 Å². The molecule has 0 unspecified atom stereocenters. The van der Waals surface area contributed by atoms with E-state index >= 15 is 0 Å². The lowest BCUT2D eigenvalue weighted by molar-refractivity contribution is -0.144. The molecule has 0 rings (SSSR count). The van der Waals surface area contributed by atoms with Gasteiger partial charge in [-0.1, -0.05) is 64.7 Å². The quantitative estimate of drug-likeness (QED) is 0.256. The Morgan fingerprint density at radius 1 is 0.583 bits per heavy atom. The van der Waals surface area contributed by atoms with Gasteiger partial charge in [-0.15, -0.1) is 0 Å². The van der Waals surface area contributed by atoms with Gasteiger partial charge in [0, 0.05) is 12.8 Å². The Hall–Kier alpha value is -1.06. The largest absolute Gasteiger partial charge is 0.466 e. The van der Waals surface area contributed by atoms with Gasteiger partial charge in [0.05, 0.1) is 13.2 Å². The van der Waals surface area contributed by atoms with E-state index < -0.39 is 0 Å². The average Bonchev–Trinajstić information content (AvgIpc) is 2.56. The van der Waals surface area contributed by atoms with Crippen LogP contribution in [0.5, 0.6) is 0 Å². The monoisotopic (exact) mass is 342 g/mol. The summed E-state index contributed by atoms with van der Waals surface area (Å²) in [5, 5.41) is 0. The molecule has 0 heterocycles. The van der Waals surface area contributed by atoms with E-state index in [0.717, 1.165) is 38.5 Å². The third-order valence-corrected chi connectivity index (χ3v) is 4.08. The molecular formula is C20H38O4. The predicted octanol–water partition coefficient (Wildman–Crippen LogP) is 5.57. The summed E-state index contributed by atoms with van der Waals surface area (Å²) in [5.41, 5.74) is 0. The predicted molar refractivity (Wildman–Crippen MR) is 97.9 cm³/mol. The molecule has 24 heavy (non-hydrogen) atoms. The van der Waals surface area contributed by atoms with Crippen molar-refractivity contribution in [1.82, 2.24) is 0 Å². The standard InChI is InChI=1S/C20H38O4/c1-3-5-6-15-18-24-20(22)17-14-12-10-8-7-9-11-13-16-19(21)23-4-2/h3-18H2,1-2H3. The molecule has 0 aromatic rings. The summed E-state index contributed by atoms with van der Waals surface area (Å²) in [7, 11) is 0. The summed E-state index contributed by atoms with van der Waals surface area (Å²) in [5.74, 6) is -0.111. The Morgan fingerprint density at radius 2 is 1.04 bits per heavy atom. The molecule has 0 aromatic carbocycles. The van der Waals surface area contributed by atoms with Crippen LogP contribution in [-0.4, -0.2) is 25.2 Å². The van der Waals surface area contributed by atoms with Gasteiger partial charge in [-0.05, 0) is 26.2 Å². The number of carbonyl (C=O) groups excluding carboxylic acids is 2. The molecule has 0 N–H and O–H groups in total. The number of hydrogen-bond acceptors (Lipinski definition) is 4. The highest BCUT2D eigenvalue weighted by molar-refractivity contribution is 5.69. The zero-order valence-electron chi connectivity index (χ0n) is 15.9. The van der Waals surface area contributed by atoms with Crippen molar-refractivity contribution in [3.8, 4) is 0 Å². The van der Waals surface area contributed by atoms with Gasteiger partial charge in [-0.3, -0.25) is 9.59 Å². The van der Waals surface area contributed by atoms with Gasteiger partial charge < -0.3 is 9.47 Å². The first-order valence-corrected chi connectivity index (χ1v) is 10.0. The van der Waals surface area contributed by atoms with Crippen molar-refractivity contribution >= 4 is 11.9 Å². The minimum absolute atomic E-state index is 0.0366. The van der Waals surface area contributed by atoms with Crippen molar-refractivity contribution in [2.24, 2.45) is 0 Å². The molecule has 0 spiro atoms. The van der Waals surface area contributed by atoms with Crippen LogP contribution >= 0.6 is 0 Å². The molecule has 4 nitrogen and oxygen atoms in total. The molecule has 4 heteroatoms. The van der Waals surface area contributed by atoms with Crippen molar-refractivity contribution in [1.29, 1.82) is 0 Å². The summed E-state index contributed by atoms with van der Waals surface area (Å²) in [4.78, 5) is 22.7. The van der Waals surface area contributed by atoms with Crippen molar-refractivity contribution in [3.05, 3.63) is 0 Å². The number of rotatable bonds is 17. The third kappa shape index (κ3) is 17.3. The molecule has 0 aliphatic heterocycles. The fraction of sp³-hybridized carbons (Fsp3) is 0.900. The molecule has 0 fully saturated rings. The van der Waals surface area contributed by atoms with E-state index in [-0.39, 0.29) is 11.9 Å². The van der Waals surface area contributed by atoms with E-state index in [1.807, 2.05) is 6.92 Å². The zero-order valence-corrected chi connectivity index (χ0v) is 15.9. The molecule has 0 saturated heterocycles. The Balaban J connectivity index is 3.19. The number of ether oxygens (including phenoxy) is 2. The van der Waals surface area contributed by atoms with Gasteiger partial charge >= 0.3 is 11.9 Å². The fourth-order valence-corrected chi connectivity index (χ4v) is 2.62. The summed E-state index contributed by atoms with van der Waals surface area (Å²) in [6.07, 6.45) is 14.6. The van der Waals surface area contributed by atoms with Crippen molar-refractivity contribution in [2.45, 2.75) is 104 Å². The highest BCUT2D eigenvalue weighted by Crippen LogP contribution is 2.11. The molecule has 0 amide bonds. The van der Waals surface area contributed by atoms with E-state index in [9.17, 15) is 9.59 Å². The number of carbonyl (C=O) groups is 2. The minimum Gasteiger partial charge on any atom is -0.466 e. The van der Waals surface area contributed by atoms with Gasteiger partial charge in [0.2, 0.25) is 0 Å². The highest BCUT2D eigenvalue weighted by Gasteiger charge is 2.03. The second-order valence-corrected chi connectivity index (χ2v) is 6.41. The maximum Gasteiger partial charge on any atom is 0.305 e. The molecule has 0 atom stereocenters. The van der Waals surface area contributed by atoms with Crippen LogP contribution in [0.25, 0.3) is 0 Å². The fourth-order valence-electron chi connectivity index (χ4n) is 2.62. The van der Waals surface area contributed by atoms with Crippen LogP contribution < -0.4 is 0 Å². The molecular weight excluding hydrogens is 304 g/mol. The molecule has 0 aliphatic rings. The molecule has 0 saturated carbocycles. The smallest absolute Gasteiger partial charge is 0.305 e. The van der Waals surface area contributed by atoms with Crippen LogP contribution in [-0.2, 0) is 19.1 Å². The van der Waals surface area contributed by atoms with E-state index in [1.54, 1.807) is 0 Å². The van der Waals surface area contributed by atoms with Gasteiger partial charge in [0.1, 0.15) is 0 Å². The maximum absolute atomic E-state index is 11.5. The SMILES string of the molecule is CCCCCCOC(=O)CCCCCCCCCCC(=O)OCC. The number of hydrogen-bond donors (Lipinski definition) is 0.